The number of anilines is 1. The number of piperidine rings is 1. The maximum atomic E-state index is 8.93. The van der Waals surface area contributed by atoms with Crippen LogP contribution in [0.1, 0.15) is 32.1 Å². The molecule has 0 amide bonds. The molecule has 1 aromatic heterocycles. The first kappa shape index (κ1) is 26.7. The maximum absolute atomic E-state index is 8.93. The Morgan fingerprint density at radius 2 is 1.73 bits per heavy atom. The highest BCUT2D eigenvalue weighted by atomic mass is 32.1. The number of carboxylic acids is 2. The second-order valence-corrected chi connectivity index (χ2v) is 10.3. The normalized spacial score (nSPS) is 20.6. The van der Waals surface area contributed by atoms with Crippen molar-refractivity contribution in [1.29, 1.82) is 0 Å². The quantitative estimate of drug-likeness (QED) is 0.320. The third-order valence-electron chi connectivity index (χ3n) is 7.03. The lowest BCUT2D eigenvalue weighted by molar-refractivity contribution is -0.345. The van der Waals surface area contributed by atoms with Crippen LogP contribution >= 0.6 is 11.3 Å². The number of carboxylic acid groups (broad SMARTS) is 2. The SMILES string of the molecule is COc1cccc(OCCCN2C3CCC2CC(N(C)c2nc4ccccc4s2)C3)c1.O=C([O-])C(=O)[O-]. The fraction of sp³-hybridized carbons (Fsp3) is 0.444. The van der Waals surface area contributed by atoms with Crippen LogP contribution in [0.2, 0.25) is 0 Å². The van der Waals surface area contributed by atoms with Gasteiger partial charge in [-0.2, -0.15) is 0 Å². The van der Waals surface area contributed by atoms with Crippen molar-refractivity contribution in [3.63, 3.8) is 0 Å². The number of fused-ring (bicyclic) bond motifs is 3. The first-order chi connectivity index (χ1) is 17.9. The van der Waals surface area contributed by atoms with E-state index in [0.29, 0.717) is 18.1 Å². The number of thiazole rings is 1. The van der Waals surface area contributed by atoms with Gasteiger partial charge in [0.05, 0.1) is 35.9 Å². The summed E-state index contributed by atoms with van der Waals surface area (Å²) in [5, 5.41) is 19.0. The third-order valence-corrected chi connectivity index (χ3v) is 8.16. The standard InChI is InChI=1S/C25H31N3O2S.C2H2O4/c1-27(25-26-23-9-3-4-10-24(23)31-25)20-15-18-11-12-19(16-20)28(18)13-6-14-30-22-8-5-7-21(17-22)29-2;3-1(4)2(5)6/h3-5,7-10,17-20H,6,11-16H2,1-2H3;(H,3,4)(H,5,6)/p-2. The van der Waals surface area contributed by atoms with E-state index in [-0.39, 0.29) is 0 Å². The molecule has 2 unspecified atom stereocenters. The molecule has 10 heteroatoms. The summed E-state index contributed by atoms with van der Waals surface area (Å²) in [6, 6.07) is 18.3. The molecule has 0 radical (unpaired) electrons. The molecule has 9 nitrogen and oxygen atoms in total. The fourth-order valence-electron chi connectivity index (χ4n) is 5.22. The van der Waals surface area contributed by atoms with Crippen molar-refractivity contribution in [2.24, 2.45) is 0 Å². The third kappa shape index (κ3) is 6.69. The minimum absolute atomic E-state index is 0.586. The number of carbonyl (C=O) groups is 2. The molecule has 2 atom stereocenters. The van der Waals surface area contributed by atoms with Gasteiger partial charge in [0, 0.05) is 37.8 Å². The number of ether oxygens (including phenoxy) is 2. The molecule has 2 aliphatic heterocycles. The molecule has 0 N–H and O–H groups in total. The van der Waals surface area contributed by atoms with E-state index >= 15 is 0 Å². The number of hydrogen-bond acceptors (Lipinski definition) is 10. The Morgan fingerprint density at radius 3 is 2.38 bits per heavy atom. The number of benzene rings is 2. The van der Waals surface area contributed by atoms with Gasteiger partial charge in [0.15, 0.2) is 5.13 Å². The Hall–Kier alpha value is -3.37. The molecular formula is C27H31N3O6S-2. The van der Waals surface area contributed by atoms with Crippen molar-refractivity contribution in [2.75, 3.05) is 32.2 Å². The summed E-state index contributed by atoms with van der Waals surface area (Å²) >= 11 is 1.82. The largest absolute Gasteiger partial charge is 0.543 e. The number of rotatable bonds is 8. The first-order valence-corrected chi connectivity index (χ1v) is 13.2. The molecule has 3 aromatic rings. The molecule has 2 aromatic carbocycles. The smallest absolute Gasteiger partial charge is 0.186 e. The molecule has 37 heavy (non-hydrogen) atoms. The highest BCUT2D eigenvalue weighted by molar-refractivity contribution is 7.22. The van der Waals surface area contributed by atoms with Gasteiger partial charge in [-0.15, -0.1) is 0 Å². The van der Waals surface area contributed by atoms with Crippen molar-refractivity contribution in [3.05, 3.63) is 48.5 Å². The van der Waals surface area contributed by atoms with Gasteiger partial charge in [-0.3, -0.25) is 4.90 Å². The van der Waals surface area contributed by atoms with Gasteiger partial charge in [0.2, 0.25) is 0 Å². The minimum Gasteiger partial charge on any atom is -0.543 e. The highest BCUT2D eigenvalue weighted by Gasteiger charge is 2.41. The van der Waals surface area contributed by atoms with E-state index in [4.69, 9.17) is 34.3 Å². The number of methoxy groups -OCH3 is 1. The molecule has 0 saturated carbocycles. The van der Waals surface area contributed by atoms with Crippen LogP contribution in [0.15, 0.2) is 48.5 Å². The number of hydrogen-bond donors (Lipinski definition) is 0. The van der Waals surface area contributed by atoms with E-state index in [9.17, 15) is 0 Å². The lowest BCUT2D eigenvalue weighted by Crippen LogP contribution is -2.50. The van der Waals surface area contributed by atoms with Gasteiger partial charge in [-0.05, 0) is 56.4 Å². The monoisotopic (exact) mass is 525 g/mol. The number of para-hydroxylation sites is 1. The number of carbonyl (C=O) groups excluding carboxylic acids is 2. The van der Waals surface area contributed by atoms with Gasteiger partial charge in [0.1, 0.15) is 11.5 Å². The molecule has 2 fully saturated rings. The molecule has 2 bridgehead atoms. The summed E-state index contributed by atoms with van der Waals surface area (Å²) in [5.74, 6) is -2.64. The van der Waals surface area contributed by atoms with Crippen molar-refractivity contribution < 1.29 is 29.3 Å². The van der Waals surface area contributed by atoms with Crippen molar-refractivity contribution >= 4 is 38.6 Å². The van der Waals surface area contributed by atoms with Crippen molar-refractivity contribution in [2.45, 2.75) is 50.2 Å². The van der Waals surface area contributed by atoms with Gasteiger partial charge in [-0.25, -0.2) is 4.98 Å². The van der Waals surface area contributed by atoms with E-state index < -0.39 is 11.9 Å². The van der Waals surface area contributed by atoms with Gasteiger partial charge < -0.3 is 34.2 Å². The van der Waals surface area contributed by atoms with Crippen LogP contribution in [0.3, 0.4) is 0 Å². The van der Waals surface area contributed by atoms with Gasteiger partial charge in [0.25, 0.3) is 0 Å². The molecule has 3 heterocycles. The van der Waals surface area contributed by atoms with Crippen molar-refractivity contribution in [3.8, 4) is 11.5 Å². The molecule has 2 aliphatic rings. The summed E-state index contributed by atoms with van der Waals surface area (Å²) in [7, 11) is 3.92. The summed E-state index contributed by atoms with van der Waals surface area (Å²) in [4.78, 5) is 27.9. The number of nitrogens with zero attached hydrogens (tertiary/aromatic N) is 3. The maximum Gasteiger partial charge on any atom is 0.186 e. The molecular weight excluding hydrogens is 494 g/mol. The number of aromatic nitrogens is 1. The fourth-order valence-corrected chi connectivity index (χ4v) is 6.22. The average Bonchev–Trinajstić information content (AvgIpc) is 3.43. The highest BCUT2D eigenvalue weighted by Crippen LogP contribution is 2.39. The lowest BCUT2D eigenvalue weighted by Gasteiger charge is -2.42. The Labute approximate surface area is 220 Å². The molecule has 5 rings (SSSR count). The zero-order chi connectivity index (χ0) is 26.4. The van der Waals surface area contributed by atoms with E-state index in [1.165, 1.54) is 30.4 Å². The van der Waals surface area contributed by atoms with Crippen LogP contribution in [-0.2, 0) is 9.59 Å². The van der Waals surface area contributed by atoms with E-state index in [0.717, 1.165) is 41.7 Å². The predicted octanol–water partition coefficient (Wildman–Crippen LogP) is 1.69. The van der Waals surface area contributed by atoms with E-state index in [2.05, 4.69) is 41.1 Å². The van der Waals surface area contributed by atoms with E-state index in [1.807, 2.05) is 35.6 Å². The average molecular weight is 526 g/mol. The summed E-state index contributed by atoms with van der Waals surface area (Å²) < 4.78 is 12.5. The Morgan fingerprint density at radius 1 is 1.05 bits per heavy atom. The summed E-state index contributed by atoms with van der Waals surface area (Å²) in [5.41, 5.74) is 1.12. The van der Waals surface area contributed by atoms with Crippen LogP contribution in [0.4, 0.5) is 5.13 Å². The van der Waals surface area contributed by atoms with Crippen LogP contribution in [-0.4, -0.2) is 67.3 Å². The second kappa shape index (κ2) is 12.2. The summed E-state index contributed by atoms with van der Waals surface area (Å²) in [6.07, 6.45) is 6.18. The van der Waals surface area contributed by atoms with Crippen LogP contribution in [0.25, 0.3) is 10.2 Å². The van der Waals surface area contributed by atoms with Crippen LogP contribution in [0.5, 0.6) is 11.5 Å². The second-order valence-electron chi connectivity index (χ2n) is 9.28. The minimum atomic E-state index is -2.19. The van der Waals surface area contributed by atoms with Crippen molar-refractivity contribution in [1.82, 2.24) is 9.88 Å². The zero-order valence-corrected chi connectivity index (χ0v) is 21.8. The molecule has 2 saturated heterocycles. The van der Waals surface area contributed by atoms with Gasteiger partial charge >= 0.3 is 0 Å². The molecule has 0 spiro atoms. The first-order valence-electron chi connectivity index (χ1n) is 12.4. The van der Waals surface area contributed by atoms with E-state index in [1.54, 1.807) is 7.11 Å². The number of aliphatic carboxylic acids is 2. The van der Waals surface area contributed by atoms with Gasteiger partial charge in [-0.1, -0.05) is 29.5 Å². The Balaban J connectivity index is 0.000000480. The topological polar surface area (TPSA) is 118 Å². The predicted molar refractivity (Wildman–Crippen MR) is 138 cm³/mol. The lowest BCUT2D eigenvalue weighted by atomic mass is 9.96. The Bertz CT molecular complexity index is 1160. The summed E-state index contributed by atoms with van der Waals surface area (Å²) in [6.45, 7) is 1.87. The zero-order valence-electron chi connectivity index (χ0n) is 21.0. The molecule has 0 aliphatic carbocycles. The molecule has 198 valence electrons. The Kier molecular flexibility index (Phi) is 8.83. The van der Waals surface area contributed by atoms with Crippen LogP contribution in [0, 0.1) is 0 Å². The van der Waals surface area contributed by atoms with Crippen LogP contribution < -0.4 is 24.6 Å².